The van der Waals surface area contributed by atoms with Gasteiger partial charge in [0.05, 0.1) is 28.0 Å². The number of sulfone groups is 1. The standard InChI is InChI=1S/C14H18ClFN2O5S2/c1-2-18(8-14(19)17-10-5-6-24(20,21)9-10)25(22,23)11-3-4-13(16)12(15)7-11/h3-4,7,10H,2,5-6,8-9H2,1H3,(H,17,19)/t10-/m0/s1. The fourth-order valence-corrected chi connectivity index (χ4v) is 5.85. The Balaban J connectivity index is 2.10. The molecule has 0 bridgehead atoms. The Morgan fingerprint density at radius 1 is 1.44 bits per heavy atom. The first kappa shape index (κ1) is 20.1. The summed E-state index contributed by atoms with van der Waals surface area (Å²) in [6.07, 6.45) is 0.306. The molecule has 140 valence electrons. The summed E-state index contributed by atoms with van der Waals surface area (Å²) in [7, 11) is -7.19. The van der Waals surface area contributed by atoms with Gasteiger partial charge < -0.3 is 5.32 Å². The second-order valence-electron chi connectivity index (χ2n) is 5.67. The molecule has 2 rings (SSSR count). The molecule has 11 heteroatoms. The summed E-state index contributed by atoms with van der Waals surface area (Å²) in [4.78, 5) is 11.9. The maximum Gasteiger partial charge on any atom is 0.243 e. The molecular weight excluding hydrogens is 395 g/mol. The van der Waals surface area contributed by atoms with Gasteiger partial charge in [-0.05, 0) is 24.6 Å². The van der Waals surface area contributed by atoms with Gasteiger partial charge in [-0.25, -0.2) is 21.2 Å². The van der Waals surface area contributed by atoms with Crippen molar-refractivity contribution in [2.75, 3.05) is 24.6 Å². The highest BCUT2D eigenvalue weighted by Gasteiger charge is 2.31. The normalized spacial score (nSPS) is 19.9. The van der Waals surface area contributed by atoms with Gasteiger partial charge in [-0.15, -0.1) is 0 Å². The SMILES string of the molecule is CCN(CC(=O)N[C@H]1CCS(=O)(=O)C1)S(=O)(=O)c1ccc(F)c(Cl)c1. The molecule has 1 saturated heterocycles. The predicted molar refractivity (Wildman–Crippen MR) is 91.0 cm³/mol. The lowest BCUT2D eigenvalue weighted by atomic mass is 10.2. The van der Waals surface area contributed by atoms with Gasteiger partial charge in [0.15, 0.2) is 9.84 Å². The van der Waals surface area contributed by atoms with E-state index in [0.717, 1.165) is 22.5 Å². The molecular formula is C14H18ClFN2O5S2. The van der Waals surface area contributed by atoms with Crippen LogP contribution in [0.25, 0.3) is 0 Å². The lowest BCUT2D eigenvalue weighted by Crippen LogP contribution is -2.44. The zero-order chi connectivity index (χ0) is 18.8. The first-order valence-electron chi connectivity index (χ1n) is 7.50. The lowest BCUT2D eigenvalue weighted by molar-refractivity contribution is -0.121. The minimum absolute atomic E-state index is 0.00180. The molecule has 0 aliphatic carbocycles. The monoisotopic (exact) mass is 412 g/mol. The number of carbonyl (C=O) groups excluding carboxylic acids is 1. The molecule has 25 heavy (non-hydrogen) atoms. The van der Waals surface area contributed by atoms with Crippen molar-refractivity contribution >= 4 is 37.4 Å². The molecule has 1 aromatic carbocycles. The van der Waals surface area contributed by atoms with Gasteiger partial charge in [0.25, 0.3) is 0 Å². The molecule has 0 saturated carbocycles. The van der Waals surface area contributed by atoms with Gasteiger partial charge >= 0.3 is 0 Å². The number of nitrogens with one attached hydrogen (secondary N) is 1. The number of rotatable bonds is 6. The molecule has 0 aromatic heterocycles. The third kappa shape index (κ3) is 4.90. The van der Waals surface area contributed by atoms with Crippen molar-refractivity contribution in [2.45, 2.75) is 24.3 Å². The van der Waals surface area contributed by atoms with Crippen LogP contribution in [0.5, 0.6) is 0 Å². The van der Waals surface area contributed by atoms with Crippen LogP contribution < -0.4 is 5.32 Å². The van der Waals surface area contributed by atoms with Crippen molar-refractivity contribution in [3.8, 4) is 0 Å². The van der Waals surface area contributed by atoms with Crippen molar-refractivity contribution in [1.29, 1.82) is 0 Å². The van der Waals surface area contributed by atoms with Gasteiger partial charge in [-0.2, -0.15) is 4.31 Å². The molecule has 1 aliphatic rings. The van der Waals surface area contributed by atoms with E-state index in [-0.39, 0.29) is 28.0 Å². The van der Waals surface area contributed by atoms with E-state index in [4.69, 9.17) is 11.6 Å². The predicted octanol–water partition coefficient (Wildman–Crippen LogP) is 0.793. The molecule has 1 aromatic rings. The summed E-state index contributed by atoms with van der Waals surface area (Å²) in [5.74, 6) is -1.49. The molecule has 1 heterocycles. The highest BCUT2D eigenvalue weighted by Crippen LogP contribution is 2.22. The van der Waals surface area contributed by atoms with E-state index in [1.165, 1.54) is 0 Å². The van der Waals surface area contributed by atoms with Gasteiger partial charge in [0.2, 0.25) is 15.9 Å². The number of carbonyl (C=O) groups is 1. The minimum atomic E-state index is -4.04. The van der Waals surface area contributed by atoms with Crippen molar-refractivity contribution in [2.24, 2.45) is 0 Å². The van der Waals surface area contributed by atoms with Crippen LogP contribution in [0.15, 0.2) is 23.1 Å². The first-order chi connectivity index (χ1) is 11.5. The second kappa shape index (κ2) is 7.56. The number of likely N-dealkylation sites (N-methyl/N-ethyl adjacent to an activating group) is 1. The number of nitrogens with zero attached hydrogens (tertiary/aromatic N) is 1. The summed E-state index contributed by atoms with van der Waals surface area (Å²) in [6.45, 7) is 1.09. The van der Waals surface area contributed by atoms with Crippen LogP contribution in [-0.2, 0) is 24.7 Å². The Kier molecular flexibility index (Phi) is 6.08. The largest absolute Gasteiger partial charge is 0.351 e. The Morgan fingerprint density at radius 3 is 2.64 bits per heavy atom. The molecule has 1 aliphatic heterocycles. The van der Waals surface area contributed by atoms with Gasteiger partial charge in [-0.1, -0.05) is 18.5 Å². The summed E-state index contributed by atoms with van der Waals surface area (Å²) in [5, 5.41) is 2.20. The molecule has 1 amide bonds. The zero-order valence-corrected chi connectivity index (χ0v) is 15.8. The topological polar surface area (TPSA) is 101 Å². The van der Waals surface area contributed by atoms with Gasteiger partial charge in [0, 0.05) is 12.6 Å². The van der Waals surface area contributed by atoms with Crippen LogP contribution in [0.4, 0.5) is 4.39 Å². The maximum absolute atomic E-state index is 13.2. The van der Waals surface area contributed by atoms with Crippen LogP contribution >= 0.6 is 11.6 Å². The van der Waals surface area contributed by atoms with E-state index >= 15 is 0 Å². The summed E-state index contributed by atoms with van der Waals surface area (Å²) >= 11 is 5.62. The molecule has 1 fully saturated rings. The maximum atomic E-state index is 13.2. The van der Waals surface area contributed by atoms with Crippen LogP contribution in [-0.4, -0.2) is 57.7 Å². The molecule has 0 spiro atoms. The van der Waals surface area contributed by atoms with E-state index < -0.39 is 44.2 Å². The lowest BCUT2D eigenvalue weighted by Gasteiger charge is -2.21. The third-order valence-corrected chi connectivity index (χ3v) is 7.77. The first-order valence-corrected chi connectivity index (χ1v) is 11.1. The van der Waals surface area contributed by atoms with Crippen molar-refractivity contribution < 1.29 is 26.0 Å². The smallest absolute Gasteiger partial charge is 0.243 e. The van der Waals surface area contributed by atoms with E-state index in [1.807, 2.05) is 0 Å². The number of sulfonamides is 1. The van der Waals surface area contributed by atoms with E-state index in [1.54, 1.807) is 6.92 Å². The molecule has 1 N–H and O–H groups in total. The van der Waals surface area contributed by atoms with E-state index in [9.17, 15) is 26.0 Å². The number of amides is 1. The molecule has 0 radical (unpaired) electrons. The number of hydrogen-bond acceptors (Lipinski definition) is 5. The third-order valence-electron chi connectivity index (χ3n) is 3.80. The summed E-state index contributed by atoms with van der Waals surface area (Å²) < 4.78 is 62.1. The van der Waals surface area contributed by atoms with Crippen LogP contribution in [0, 0.1) is 5.82 Å². The van der Waals surface area contributed by atoms with E-state index in [0.29, 0.717) is 6.42 Å². The minimum Gasteiger partial charge on any atom is -0.351 e. The van der Waals surface area contributed by atoms with Crippen molar-refractivity contribution in [3.63, 3.8) is 0 Å². The number of halogens is 2. The Hall–Kier alpha value is -1.23. The highest BCUT2D eigenvalue weighted by atomic mass is 35.5. The average molecular weight is 413 g/mol. The highest BCUT2D eigenvalue weighted by molar-refractivity contribution is 7.91. The van der Waals surface area contributed by atoms with Crippen LogP contribution in [0.1, 0.15) is 13.3 Å². The van der Waals surface area contributed by atoms with Crippen LogP contribution in [0.3, 0.4) is 0 Å². The van der Waals surface area contributed by atoms with Gasteiger partial charge in [-0.3, -0.25) is 4.79 Å². The van der Waals surface area contributed by atoms with Crippen molar-refractivity contribution in [3.05, 3.63) is 29.0 Å². The Labute approximate surface area is 151 Å². The summed E-state index contributed by atoms with van der Waals surface area (Å²) in [6, 6.07) is 2.47. The summed E-state index contributed by atoms with van der Waals surface area (Å²) in [5.41, 5.74) is 0. The zero-order valence-electron chi connectivity index (χ0n) is 13.4. The number of hydrogen-bond donors (Lipinski definition) is 1. The number of benzene rings is 1. The molecule has 0 unspecified atom stereocenters. The fourth-order valence-electron chi connectivity index (χ4n) is 2.50. The van der Waals surface area contributed by atoms with Gasteiger partial charge in [0.1, 0.15) is 5.82 Å². The second-order valence-corrected chi connectivity index (χ2v) is 10.2. The van der Waals surface area contributed by atoms with E-state index in [2.05, 4.69) is 5.32 Å². The van der Waals surface area contributed by atoms with Crippen molar-refractivity contribution in [1.82, 2.24) is 9.62 Å². The molecule has 1 atom stereocenters. The fraction of sp³-hybridized carbons (Fsp3) is 0.500. The quantitative estimate of drug-likeness (QED) is 0.744. The Bertz CT molecular complexity index is 873. The average Bonchev–Trinajstić information content (AvgIpc) is 2.85. The Morgan fingerprint density at radius 2 is 2.12 bits per heavy atom. The van der Waals surface area contributed by atoms with Crippen LogP contribution in [0.2, 0.25) is 5.02 Å². The molecule has 7 nitrogen and oxygen atoms in total.